The molecule has 1 aromatic carbocycles. The van der Waals surface area contributed by atoms with Gasteiger partial charge in [0.25, 0.3) is 0 Å². The number of halogens is 3. The lowest BCUT2D eigenvalue weighted by molar-refractivity contribution is -0.136. The molecule has 0 atom stereocenters. The van der Waals surface area contributed by atoms with Crippen molar-refractivity contribution < 1.29 is 23.1 Å². The van der Waals surface area contributed by atoms with Crippen molar-refractivity contribution >= 4 is 11.7 Å². The van der Waals surface area contributed by atoms with Gasteiger partial charge in [-0.25, -0.2) is 4.79 Å². The molecule has 0 aromatic heterocycles. The van der Waals surface area contributed by atoms with Crippen molar-refractivity contribution in [2.24, 2.45) is 0 Å². The number of carbonyl (C=O) groups excluding carboxylic acids is 1. The Morgan fingerprint density at radius 2 is 2.00 bits per heavy atom. The smallest absolute Gasteiger partial charge is 0.395 e. The summed E-state index contributed by atoms with van der Waals surface area (Å²) in [6.45, 7) is -0.102. The molecule has 0 radical (unpaired) electrons. The predicted octanol–water partition coefficient (Wildman–Crippen LogP) is 2.69. The molecule has 4 nitrogen and oxygen atoms in total. The minimum Gasteiger partial charge on any atom is -0.395 e. The van der Waals surface area contributed by atoms with E-state index in [2.05, 4.69) is 5.32 Å². The maximum absolute atomic E-state index is 12.8. The van der Waals surface area contributed by atoms with Crippen LogP contribution in [0.4, 0.5) is 23.7 Å². The molecule has 0 heterocycles. The number of amides is 2. The van der Waals surface area contributed by atoms with Gasteiger partial charge in [0.15, 0.2) is 0 Å². The first-order valence-corrected chi connectivity index (χ1v) is 6.28. The molecule has 1 fully saturated rings. The molecule has 0 unspecified atom stereocenters. The molecule has 0 aliphatic heterocycles. The van der Waals surface area contributed by atoms with Crippen LogP contribution in [0.2, 0.25) is 0 Å². The van der Waals surface area contributed by atoms with Crippen LogP contribution in [0.25, 0.3) is 0 Å². The highest BCUT2D eigenvalue weighted by atomic mass is 19.4. The second kappa shape index (κ2) is 5.70. The summed E-state index contributed by atoms with van der Waals surface area (Å²) in [7, 11) is 0. The Morgan fingerprint density at radius 1 is 1.35 bits per heavy atom. The van der Waals surface area contributed by atoms with Crippen LogP contribution in [-0.2, 0) is 6.18 Å². The van der Waals surface area contributed by atoms with Gasteiger partial charge < -0.3 is 15.3 Å². The Kier molecular flexibility index (Phi) is 4.17. The van der Waals surface area contributed by atoms with Gasteiger partial charge in [0.1, 0.15) is 0 Å². The van der Waals surface area contributed by atoms with Gasteiger partial charge in [0.2, 0.25) is 0 Å². The summed E-state index contributed by atoms with van der Waals surface area (Å²) in [6.07, 6.45) is -2.89. The van der Waals surface area contributed by atoms with Crippen LogP contribution in [0.5, 0.6) is 0 Å². The van der Waals surface area contributed by atoms with Crippen molar-refractivity contribution in [3.05, 3.63) is 29.8 Å². The standard InChI is InChI=1S/C13H15F3N2O2/c14-13(15,16)10-3-1-2-4-11(10)17-12(20)18(7-8-19)9-5-6-9/h1-4,9,19H,5-8H2,(H,17,20). The van der Waals surface area contributed by atoms with E-state index in [9.17, 15) is 18.0 Å². The molecular weight excluding hydrogens is 273 g/mol. The number of hydrogen-bond acceptors (Lipinski definition) is 2. The third kappa shape index (κ3) is 3.41. The summed E-state index contributed by atoms with van der Waals surface area (Å²) >= 11 is 0. The summed E-state index contributed by atoms with van der Waals surface area (Å²) < 4.78 is 38.4. The van der Waals surface area contributed by atoms with E-state index in [0.29, 0.717) is 0 Å². The highest BCUT2D eigenvalue weighted by Gasteiger charge is 2.36. The molecule has 1 saturated carbocycles. The number of nitrogens with one attached hydrogen (secondary N) is 1. The molecule has 1 aromatic rings. The SMILES string of the molecule is O=C(Nc1ccccc1C(F)(F)F)N(CCO)C1CC1. The number of carbonyl (C=O) groups is 1. The fourth-order valence-corrected chi connectivity index (χ4v) is 1.97. The molecule has 110 valence electrons. The minimum absolute atomic E-state index is 0.0141. The van der Waals surface area contributed by atoms with Crippen molar-refractivity contribution in [2.75, 3.05) is 18.5 Å². The number of hydrogen-bond donors (Lipinski definition) is 2. The van der Waals surface area contributed by atoms with Crippen LogP contribution >= 0.6 is 0 Å². The van der Waals surface area contributed by atoms with E-state index >= 15 is 0 Å². The quantitative estimate of drug-likeness (QED) is 0.895. The summed E-state index contributed by atoms with van der Waals surface area (Å²) in [5.41, 5.74) is -1.15. The van der Waals surface area contributed by atoms with Gasteiger partial charge in [-0.1, -0.05) is 12.1 Å². The largest absolute Gasteiger partial charge is 0.418 e. The normalized spacial score (nSPS) is 15.0. The van der Waals surface area contributed by atoms with Gasteiger partial charge >= 0.3 is 12.2 Å². The Bertz CT molecular complexity index is 487. The number of alkyl halides is 3. The number of rotatable bonds is 4. The summed E-state index contributed by atoms with van der Waals surface area (Å²) in [5, 5.41) is 11.2. The Morgan fingerprint density at radius 3 is 2.55 bits per heavy atom. The van der Waals surface area contributed by atoms with Gasteiger partial charge in [0.05, 0.1) is 17.9 Å². The Balaban J connectivity index is 2.15. The highest BCUT2D eigenvalue weighted by molar-refractivity contribution is 5.90. The summed E-state index contributed by atoms with van der Waals surface area (Å²) in [5.74, 6) is 0. The topological polar surface area (TPSA) is 52.6 Å². The first-order chi connectivity index (χ1) is 9.43. The van der Waals surface area contributed by atoms with E-state index in [1.807, 2.05) is 0 Å². The van der Waals surface area contributed by atoms with Crippen LogP contribution in [0.1, 0.15) is 18.4 Å². The van der Waals surface area contributed by atoms with Crippen molar-refractivity contribution in [3.63, 3.8) is 0 Å². The lowest BCUT2D eigenvalue weighted by Gasteiger charge is -2.23. The number of anilines is 1. The fourth-order valence-electron chi connectivity index (χ4n) is 1.97. The molecule has 1 aliphatic rings. The summed E-state index contributed by atoms with van der Waals surface area (Å²) in [6, 6.07) is 4.23. The molecular formula is C13H15F3N2O2. The highest BCUT2D eigenvalue weighted by Crippen LogP contribution is 2.35. The third-order valence-corrected chi connectivity index (χ3v) is 3.06. The molecule has 2 amide bonds. The zero-order valence-electron chi connectivity index (χ0n) is 10.7. The van der Waals surface area contributed by atoms with Gasteiger partial charge in [-0.2, -0.15) is 13.2 Å². The number of benzene rings is 1. The van der Waals surface area contributed by atoms with Crippen LogP contribution in [0.3, 0.4) is 0 Å². The van der Waals surface area contributed by atoms with Crippen LogP contribution < -0.4 is 5.32 Å². The predicted molar refractivity (Wildman–Crippen MR) is 67.3 cm³/mol. The van der Waals surface area contributed by atoms with E-state index in [-0.39, 0.29) is 24.9 Å². The zero-order chi connectivity index (χ0) is 14.8. The van der Waals surface area contributed by atoms with Crippen molar-refractivity contribution in [1.82, 2.24) is 4.90 Å². The van der Waals surface area contributed by atoms with Crippen LogP contribution in [0.15, 0.2) is 24.3 Å². The number of urea groups is 1. The van der Waals surface area contributed by atoms with Crippen molar-refractivity contribution in [3.8, 4) is 0 Å². The average Bonchev–Trinajstić information content (AvgIpc) is 3.19. The van der Waals surface area contributed by atoms with Gasteiger partial charge in [0, 0.05) is 12.6 Å². The first-order valence-electron chi connectivity index (χ1n) is 6.28. The lowest BCUT2D eigenvalue weighted by atomic mass is 10.1. The van der Waals surface area contributed by atoms with E-state index in [1.54, 1.807) is 0 Å². The summed E-state index contributed by atoms with van der Waals surface area (Å²) in [4.78, 5) is 13.4. The van der Waals surface area contributed by atoms with E-state index in [0.717, 1.165) is 18.9 Å². The first kappa shape index (κ1) is 14.6. The van der Waals surface area contributed by atoms with Gasteiger partial charge in [-0.15, -0.1) is 0 Å². The second-order valence-corrected chi connectivity index (χ2v) is 4.62. The van der Waals surface area contributed by atoms with Crippen LogP contribution in [-0.4, -0.2) is 35.2 Å². The van der Waals surface area contributed by atoms with E-state index in [4.69, 9.17) is 5.11 Å². The molecule has 7 heteroatoms. The number of nitrogens with zero attached hydrogens (tertiary/aromatic N) is 1. The average molecular weight is 288 g/mol. The number of aliphatic hydroxyl groups is 1. The Hall–Kier alpha value is -1.76. The van der Waals surface area contributed by atoms with Gasteiger partial charge in [-0.05, 0) is 25.0 Å². The van der Waals surface area contributed by atoms with Crippen molar-refractivity contribution in [2.45, 2.75) is 25.1 Å². The second-order valence-electron chi connectivity index (χ2n) is 4.62. The molecule has 2 rings (SSSR count). The third-order valence-electron chi connectivity index (χ3n) is 3.06. The molecule has 0 saturated heterocycles. The number of aliphatic hydroxyl groups excluding tert-OH is 1. The fraction of sp³-hybridized carbons (Fsp3) is 0.462. The Labute approximate surface area is 114 Å². The number of para-hydroxylation sites is 1. The maximum Gasteiger partial charge on any atom is 0.418 e. The minimum atomic E-state index is -4.52. The van der Waals surface area contributed by atoms with E-state index in [1.165, 1.54) is 23.1 Å². The van der Waals surface area contributed by atoms with Crippen molar-refractivity contribution in [1.29, 1.82) is 0 Å². The van der Waals surface area contributed by atoms with E-state index < -0.39 is 17.8 Å². The monoisotopic (exact) mass is 288 g/mol. The molecule has 20 heavy (non-hydrogen) atoms. The molecule has 1 aliphatic carbocycles. The zero-order valence-corrected chi connectivity index (χ0v) is 10.7. The maximum atomic E-state index is 12.8. The molecule has 0 spiro atoms. The van der Waals surface area contributed by atoms with Crippen LogP contribution in [0, 0.1) is 0 Å². The van der Waals surface area contributed by atoms with Gasteiger partial charge in [-0.3, -0.25) is 0 Å². The lowest BCUT2D eigenvalue weighted by Crippen LogP contribution is -2.39. The molecule has 2 N–H and O–H groups in total. The molecule has 0 bridgehead atoms.